The number of aromatic carboxylic acids is 1. The van der Waals surface area contributed by atoms with Gasteiger partial charge in [0.15, 0.2) is 0 Å². The fourth-order valence-corrected chi connectivity index (χ4v) is 1.61. The van der Waals surface area contributed by atoms with Crippen LogP contribution in [0.25, 0.3) is 0 Å². The molecule has 0 unspecified atom stereocenters. The van der Waals surface area contributed by atoms with Crippen molar-refractivity contribution in [3.8, 4) is 5.88 Å². The number of hydrogen-bond acceptors (Lipinski definition) is 6. The van der Waals surface area contributed by atoms with Crippen molar-refractivity contribution in [3.63, 3.8) is 0 Å². The topological polar surface area (TPSA) is 126 Å². The number of rotatable bonds is 4. The monoisotopic (exact) mass is 275 g/mol. The van der Waals surface area contributed by atoms with Crippen molar-refractivity contribution in [2.45, 2.75) is 6.42 Å². The molecule has 20 heavy (non-hydrogen) atoms. The molecule has 0 bridgehead atoms. The van der Waals surface area contributed by atoms with Gasteiger partial charge in [0.1, 0.15) is 11.4 Å². The summed E-state index contributed by atoms with van der Waals surface area (Å²) >= 11 is 0. The van der Waals surface area contributed by atoms with E-state index < -0.39 is 22.3 Å². The largest absolute Gasteiger partial charge is 0.493 e. The number of nitrogens with zero attached hydrogens (tertiary/aromatic N) is 3. The quantitative estimate of drug-likeness (QED) is 0.637. The summed E-state index contributed by atoms with van der Waals surface area (Å²) in [5, 5.41) is 28.8. The van der Waals surface area contributed by atoms with Crippen LogP contribution in [0, 0.1) is 10.1 Å². The highest BCUT2D eigenvalue weighted by molar-refractivity contribution is 5.89. The Labute approximate surface area is 112 Å². The minimum atomic E-state index is -1.33. The molecule has 2 rings (SSSR count). The Balaban J connectivity index is 2.26. The molecule has 102 valence electrons. The van der Waals surface area contributed by atoms with E-state index in [-0.39, 0.29) is 17.9 Å². The highest BCUT2D eigenvalue weighted by Crippen LogP contribution is 2.17. The Bertz CT molecular complexity index is 687. The zero-order chi connectivity index (χ0) is 14.7. The maximum Gasteiger partial charge on any atom is 0.342 e. The molecule has 0 saturated heterocycles. The Morgan fingerprint density at radius 3 is 2.75 bits per heavy atom. The summed E-state index contributed by atoms with van der Waals surface area (Å²) in [6.07, 6.45) is 1.15. The predicted octanol–water partition coefficient (Wildman–Crippen LogP) is 1.38. The van der Waals surface area contributed by atoms with Crippen molar-refractivity contribution in [1.82, 2.24) is 9.97 Å². The van der Waals surface area contributed by atoms with Gasteiger partial charge in [-0.25, -0.2) is 9.78 Å². The molecule has 8 heteroatoms. The molecule has 2 N–H and O–H groups in total. The molecule has 0 atom stereocenters. The molecule has 0 aliphatic carbocycles. The molecule has 0 aliphatic rings. The van der Waals surface area contributed by atoms with Gasteiger partial charge in [-0.15, -0.1) is 0 Å². The van der Waals surface area contributed by atoms with E-state index in [1.165, 1.54) is 18.2 Å². The van der Waals surface area contributed by atoms with Gasteiger partial charge in [-0.1, -0.05) is 12.1 Å². The molecule has 2 aromatic rings. The van der Waals surface area contributed by atoms with Crippen LogP contribution >= 0.6 is 0 Å². The van der Waals surface area contributed by atoms with E-state index in [1.54, 1.807) is 6.07 Å². The summed E-state index contributed by atoms with van der Waals surface area (Å²) in [6.45, 7) is 0. The zero-order valence-electron chi connectivity index (χ0n) is 10.1. The van der Waals surface area contributed by atoms with Gasteiger partial charge in [-0.3, -0.25) is 10.1 Å². The summed E-state index contributed by atoms with van der Waals surface area (Å²) in [4.78, 5) is 28.3. The third kappa shape index (κ3) is 2.86. The van der Waals surface area contributed by atoms with Gasteiger partial charge >= 0.3 is 5.97 Å². The van der Waals surface area contributed by atoms with Gasteiger partial charge in [0.25, 0.3) is 5.69 Å². The van der Waals surface area contributed by atoms with Crippen LogP contribution in [-0.4, -0.2) is 31.1 Å². The summed E-state index contributed by atoms with van der Waals surface area (Å²) in [5.74, 6) is -1.79. The maximum atomic E-state index is 10.7. The van der Waals surface area contributed by atoms with Crippen LogP contribution in [0.4, 0.5) is 5.69 Å². The predicted molar refractivity (Wildman–Crippen MR) is 66.6 cm³/mol. The van der Waals surface area contributed by atoms with Gasteiger partial charge < -0.3 is 10.2 Å². The minimum absolute atomic E-state index is 0.0612. The summed E-state index contributed by atoms with van der Waals surface area (Å²) in [6, 6.07) is 5.90. The third-order valence-corrected chi connectivity index (χ3v) is 2.53. The number of carboxylic acid groups (broad SMARTS) is 1. The number of benzene rings is 1. The minimum Gasteiger partial charge on any atom is -0.493 e. The normalized spacial score (nSPS) is 10.2. The first-order valence-electron chi connectivity index (χ1n) is 5.49. The number of carbonyl (C=O) groups is 1. The van der Waals surface area contributed by atoms with Crippen LogP contribution in [0.3, 0.4) is 0 Å². The number of nitro benzene ring substituents is 1. The average Bonchev–Trinajstić information content (AvgIpc) is 2.38. The summed E-state index contributed by atoms with van der Waals surface area (Å²) in [7, 11) is 0. The lowest BCUT2D eigenvalue weighted by atomic mass is 10.1. The van der Waals surface area contributed by atoms with Gasteiger partial charge in [-0.05, 0) is 5.56 Å². The molecule has 1 aromatic heterocycles. The van der Waals surface area contributed by atoms with Gasteiger partial charge in [0.2, 0.25) is 5.88 Å². The SMILES string of the molecule is O=C(O)c1cnc(Cc2cccc([N+](=O)[O-])c2)nc1O. The number of hydrogen-bond donors (Lipinski definition) is 2. The van der Waals surface area contributed by atoms with Crippen molar-refractivity contribution >= 4 is 11.7 Å². The number of aromatic nitrogens is 2. The van der Waals surface area contributed by atoms with E-state index in [1.807, 2.05) is 0 Å². The van der Waals surface area contributed by atoms with Crippen molar-refractivity contribution < 1.29 is 19.9 Å². The van der Waals surface area contributed by atoms with Gasteiger partial charge in [0.05, 0.1) is 4.92 Å². The number of non-ortho nitro benzene ring substituents is 1. The van der Waals surface area contributed by atoms with E-state index in [0.29, 0.717) is 5.56 Å². The Hall–Kier alpha value is -3.03. The Kier molecular flexibility index (Phi) is 3.56. The second-order valence-corrected chi connectivity index (χ2v) is 3.93. The Morgan fingerprint density at radius 1 is 1.40 bits per heavy atom. The van der Waals surface area contributed by atoms with Crippen LogP contribution in [-0.2, 0) is 6.42 Å². The molecule has 0 radical (unpaired) electrons. The van der Waals surface area contributed by atoms with E-state index in [4.69, 9.17) is 5.11 Å². The lowest BCUT2D eigenvalue weighted by Gasteiger charge is -2.03. The molecule has 1 aromatic carbocycles. The van der Waals surface area contributed by atoms with Gasteiger partial charge in [0, 0.05) is 24.8 Å². The van der Waals surface area contributed by atoms with Crippen molar-refractivity contribution in [2.24, 2.45) is 0 Å². The molecule has 0 aliphatic heterocycles. The number of nitro groups is 1. The number of carboxylic acids is 1. The molecule has 0 amide bonds. The standard InChI is InChI=1S/C12H9N3O5/c16-11-9(12(17)18)6-13-10(14-11)5-7-2-1-3-8(4-7)15(19)20/h1-4,6H,5H2,(H,17,18)(H,13,14,16). The molecule has 8 nitrogen and oxygen atoms in total. The third-order valence-electron chi connectivity index (χ3n) is 2.53. The van der Waals surface area contributed by atoms with E-state index in [9.17, 15) is 20.0 Å². The highest BCUT2D eigenvalue weighted by atomic mass is 16.6. The first-order chi connectivity index (χ1) is 9.47. The molecular weight excluding hydrogens is 266 g/mol. The lowest BCUT2D eigenvalue weighted by molar-refractivity contribution is -0.384. The average molecular weight is 275 g/mol. The summed E-state index contributed by atoms with van der Waals surface area (Å²) < 4.78 is 0. The maximum absolute atomic E-state index is 10.7. The fraction of sp³-hybridized carbons (Fsp3) is 0.0833. The van der Waals surface area contributed by atoms with E-state index >= 15 is 0 Å². The second kappa shape index (κ2) is 5.31. The second-order valence-electron chi connectivity index (χ2n) is 3.93. The van der Waals surface area contributed by atoms with Crippen LogP contribution in [0.15, 0.2) is 30.5 Å². The molecule has 0 spiro atoms. The molecular formula is C12H9N3O5. The summed E-state index contributed by atoms with van der Waals surface area (Å²) in [5.41, 5.74) is 0.128. The van der Waals surface area contributed by atoms with Crippen LogP contribution < -0.4 is 0 Å². The van der Waals surface area contributed by atoms with E-state index in [0.717, 1.165) is 6.20 Å². The highest BCUT2D eigenvalue weighted by Gasteiger charge is 2.13. The number of aromatic hydroxyl groups is 1. The smallest absolute Gasteiger partial charge is 0.342 e. The van der Waals surface area contributed by atoms with Crippen LogP contribution in [0.2, 0.25) is 0 Å². The van der Waals surface area contributed by atoms with Crippen molar-refractivity contribution in [2.75, 3.05) is 0 Å². The van der Waals surface area contributed by atoms with Crippen molar-refractivity contribution in [1.29, 1.82) is 0 Å². The lowest BCUT2D eigenvalue weighted by Crippen LogP contribution is -2.03. The van der Waals surface area contributed by atoms with Gasteiger partial charge in [-0.2, -0.15) is 4.98 Å². The van der Waals surface area contributed by atoms with Crippen LogP contribution in [0.1, 0.15) is 21.7 Å². The molecule has 0 saturated carbocycles. The zero-order valence-corrected chi connectivity index (χ0v) is 10.1. The molecule has 1 heterocycles. The van der Waals surface area contributed by atoms with Crippen LogP contribution in [0.5, 0.6) is 5.88 Å². The first-order valence-corrected chi connectivity index (χ1v) is 5.49. The van der Waals surface area contributed by atoms with E-state index in [2.05, 4.69) is 9.97 Å². The molecule has 0 fully saturated rings. The van der Waals surface area contributed by atoms with Crippen molar-refractivity contribution in [3.05, 3.63) is 57.5 Å². The fourth-order valence-electron chi connectivity index (χ4n) is 1.61. The first kappa shape index (κ1) is 13.4. The Morgan fingerprint density at radius 2 is 2.15 bits per heavy atom.